The normalized spacial score (nSPS) is 10.5. The zero-order valence-corrected chi connectivity index (χ0v) is 12.7. The molecule has 3 aromatic rings. The van der Waals surface area contributed by atoms with Gasteiger partial charge in [0.15, 0.2) is 5.58 Å². The highest BCUT2D eigenvalue weighted by Crippen LogP contribution is 2.28. The molecule has 0 saturated heterocycles. The molecular weight excluding hydrogens is 298 g/mol. The summed E-state index contributed by atoms with van der Waals surface area (Å²) in [5.41, 5.74) is 1.76. The van der Waals surface area contributed by atoms with Crippen molar-refractivity contribution in [2.75, 3.05) is 5.32 Å². The molecule has 0 bridgehead atoms. The van der Waals surface area contributed by atoms with Crippen LogP contribution in [0, 0.1) is 11.3 Å². The molecular formula is C16H13N3O2S. The summed E-state index contributed by atoms with van der Waals surface area (Å²) in [6.07, 6.45) is 0.949. The van der Waals surface area contributed by atoms with Gasteiger partial charge in [0.1, 0.15) is 16.8 Å². The minimum atomic E-state index is -0.208. The van der Waals surface area contributed by atoms with Gasteiger partial charge in [-0.05, 0) is 24.6 Å². The van der Waals surface area contributed by atoms with Gasteiger partial charge in [0.25, 0.3) is 0 Å². The molecule has 1 aromatic carbocycles. The van der Waals surface area contributed by atoms with E-state index in [1.54, 1.807) is 0 Å². The van der Waals surface area contributed by atoms with Gasteiger partial charge in [-0.25, -0.2) is 0 Å². The smallest absolute Gasteiger partial charge is 0.231 e. The van der Waals surface area contributed by atoms with Crippen molar-refractivity contribution >= 4 is 33.2 Å². The number of hydrogen-bond acceptors (Lipinski definition) is 5. The average Bonchev–Trinajstić information content (AvgIpc) is 3.11. The zero-order chi connectivity index (χ0) is 15.5. The van der Waals surface area contributed by atoms with E-state index >= 15 is 0 Å². The van der Waals surface area contributed by atoms with Crippen molar-refractivity contribution in [3.05, 3.63) is 46.5 Å². The van der Waals surface area contributed by atoms with Crippen LogP contribution >= 0.6 is 11.3 Å². The first-order valence-corrected chi connectivity index (χ1v) is 7.69. The SMILES string of the molecule is CCc1cc(C#N)c(NC(=O)Cc2noc3ccccc23)s1. The number of nitriles is 1. The van der Waals surface area contributed by atoms with Crippen LogP contribution in [0.3, 0.4) is 0 Å². The van der Waals surface area contributed by atoms with E-state index in [1.165, 1.54) is 11.3 Å². The number of para-hydroxylation sites is 1. The number of aromatic nitrogens is 1. The van der Waals surface area contributed by atoms with Gasteiger partial charge >= 0.3 is 0 Å². The number of carbonyl (C=O) groups is 1. The van der Waals surface area contributed by atoms with Crippen LogP contribution < -0.4 is 5.32 Å². The van der Waals surface area contributed by atoms with Gasteiger partial charge in [-0.2, -0.15) is 5.26 Å². The lowest BCUT2D eigenvalue weighted by Gasteiger charge is -2.01. The summed E-state index contributed by atoms with van der Waals surface area (Å²) in [6, 6.07) is 11.3. The molecule has 0 aliphatic carbocycles. The standard InChI is InChI=1S/C16H13N3O2S/c1-2-11-7-10(9-17)16(22-11)18-15(20)8-13-12-5-3-4-6-14(12)21-19-13/h3-7H,2,8H2,1H3,(H,18,20). The van der Waals surface area contributed by atoms with Gasteiger partial charge in [0.2, 0.25) is 5.91 Å². The minimum absolute atomic E-state index is 0.112. The molecule has 0 unspecified atom stereocenters. The largest absolute Gasteiger partial charge is 0.356 e. The topological polar surface area (TPSA) is 78.9 Å². The number of amides is 1. The number of carbonyl (C=O) groups excluding carboxylic acids is 1. The van der Waals surface area contributed by atoms with Gasteiger partial charge in [0.05, 0.1) is 12.0 Å². The molecule has 1 amide bonds. The fraction of sp³-hybridized carbons (Fsp3) is 0.188. The highest BCUT2D eigenvalue weighted by molar-refractivity contribution is 7.16. The monoisotopic (exact) mass is 311 g/mol. The van der Waals surface area contributed by atoms with E-state index in [0.717, 1.165) is 16.7 Å². The minimum Gasteiger partial charge on any atom is -0.356 e. The lowest BCUT2D eigenvalue weighted by atomic mass is 10.1. The molecule has 0 spiro atoms. The molecule has 2 heterocycles. The Morgan fingerprint density at radius 1 is 1.45 bits per heavy atom. The number of rotatable bonds is 4. The van der Waals surface area contributed by atoms with Crippen LogP contribution in [0.15, 0.2) is 34.9 Å². The molecule has 1 N–H and O–H groups in total. The Kier molecular flexibility index (Phi) is 3.90. The first-order chi connectivity index (χ1) is 10.7. The van der Waals surface area contributed by atoms with Gasteiger partial charge in [-0.1, -0.05) is 24.2 Å². The Morgan fingerprint density at radius 2 is 2.27 bits per heavy atom. The first kappa shape index (κ1) is 14.3. The van der Waals surface area contributed by atoms with E-state index in [-0.39, 0.29) is 12.3 Å². The van der Waals surface area contributed by atoms with Crippen molar-refractivity contribution < 1.29 is 9.32 Å². The van der Waals surface area contributed by atoms with Crippen LogP contribution in [0.5, 0.6) is 0 Å². The van der Waals surface area contributed by atoms with Crippen molar-refractivity contribution in [2.45, 2.75) is 19.8 Å². The average molecular weight is 311 g/mol. The summed E-state index contributed by atoms with van der Waals surface area (Å²) in [5.74, 6) is -0.208. The first-order valence-electron chi connectivity index (χ1n) is 6.87. The van der Waals surface area contributed by atoms with Crippen molar-refractivity contribution in [2.24, 2.45) is 0 Å². The van der Waals surface area contributed by atoms with Crippen molar-refractivity contribution in [3.8, 4) is 6.07 Å². The van der Waals surface area contributed by atoms with Gasteiger partial charge < -0.3 is 9.84 Å². The number of anilines is 1. The zero-order valence-electron chi connectivity index (χ0n) is 11.9. The maximum Gasteiger partial charge on any atom is 0.231 e. The van der Waals surface area contributed by atoms with Gasteiger partial charge in [-0.15, -0.1) is 11.3 Å². The second-order valence-electron chi connectivity index (χ2n) is 4.77. The maximum atomic E-state index is 12.2. The number of fused-ring (bicyclic) bond motifs is 1. The fourth-order valence-electron chi connectivity index (χ4n) is 2.18. The second kappa shape index (κ2) is 6.00. The Hall–Kier alpha value is -2.65. The Morgan fingerprint density at radius 3 is 3.05 bits per heavy atom. The van der Waals surface area contributed by atoms with E-state index in [1.807, 2.05) is 37.3 Å². The molecule has 0 saturated carbocycles. The third-order valence-electron chi connectivity index (χ3n) is 3.29. The van der Waals surface area contributed by atoms with E-state index in [9.17, 15) is 4.79 Å². The third-order valence-corrected chi connectivity index (χ3v) is 4.48. The number of thiophene rings is 1. The highest BCUT2D eigenvalue weighted by Gasteiger charge is 2.15. The lowest BCUT2D eigenvalue weighted by Crippen LogP contribution is -2.14. The second-order valence-corrected chi connectivity index (χ2v) is 5.91. The van der Waals surface area contributed by atoms with Crippen LogP contribution in [0.4, 0.5) is 5.00 Å². The number of nitrogens with zero attached hydrogens (tertiary/aromatic N) is 2. The Labute approximate surface area is 131 Å². The maximum absolute atomic E-state index is 12.2. The quantitative estimate of drug-likeness (QED) is 0.799. The summed E-state index contributed by atoms with van der Waals surface area (Å²) in [6.45, 7) is 2.01. The molecule has 6 heteroatoms. The molecule has 0 fully saturated rings. The van der Waals surface area contributed by atoms with Crippen LogP contribution in [-0.4, -0.2) is 11.1 Å². The molecule has 22 heavy (non-hydrogen) atoms. The van der Waals surface area contributed by atoms with E-state index in [2.05, 4.69) is 16.5 Å². The fourth-order valence-corrected chi connectivity index (χ4v) is 3.14. The van der Waals surface area contributed by atoms with Crippen molar-refractivity contribution in [3.63, 3.8) is 0 Å². The predicted molar refractivity (Wildman–Crippen MR) is 84.8 cm³/mol. The molecule has 0 aliphatic rings. The van der Waals surface area contributed by atoms with Crippen LogP contribution in [-0.2, 0) is 17.6 Å². The van der Waals surface area contributed by atoms with E-state index in [4.69, 9.17) is 9.78 Å². The number of nitrogens with one attached hydrogen (secondary N) is 1. The Bertz CT molecular complexity index is 873. The molecule has 5 nitrogen and oxygen atoms in total. The van der Waals surface area contributed by atoms with Crippen molar-refractivity contribution in [1.29, 1.82) is 5.26 Å². The lowest BCUT2D eigenvalue weighted by molar-refractivity contribution is -0.115. The summed E-state index contributed by atoms with van der Waals surface area (Å²) in [7, 11) is 0. The van der Waals surface area contributed by atoms with Gasteiger partial charge in [-0.3, -0.25) is 4.79 Å². The van der Waals surface area contributed by atoms with Crippen LogP contribution in [0.1, 0.15) is 23.1 Å². The summed E-state index contributed by atoms with van der Waals surface area (Å²) >= 11 is 1.43. The van der Waals surface area contributed by atoms with Crippen molar-refractivity contribution in [1.82, 2.24) is 5.16 Å². The van der Waals surface area contributed by atoms with Gasteiger partial charge in [0, 0.05) is 10.3 Å². The summed E-state index contributed by atoms with van der Waals surface area (Å²) in [4.78, 5) is 13.3. The summed E-state index contributed by atoms with van der Waals surface area (Å²) in [5, 5.41) is 17.3. The number of benzene rings is 1. The third kappa shape index (κ3) is 2.71. The van der Waals surface area contributed by atoms with Crippen LogP contribution in [0.2, 0.25) is 0 Å². The van der Waals surface area contributed by atoms with E-state index < -0.39 is 0 Å². The molecule has 2 aromatic heterocycles. The molecule has 0 atom stereocenters. The number of aryl methyl sites for hydroxylation is 1. The molecule has 110 valence electrons. The summed E-state index contributed by atoms with van der Waals surface area (Å²) < 4.78 is 5.19. The van der Waals surface area contributed by atoms with Crippen LogP contribution in [0.25, 0.3) is 11.0 Å². The molecule has 3 rings (SSSR count). The van der Waals surface area contributed by atoms with E-state index in [0.29, 0.717) is 21.8 Å². The Balaban J connectivity index is 1.78. The molecule has 0 radical (unpaired) electrons. The predicted octanol–water partition coefficient (Wildman–Crippen LogP) is 3.50. The molecule has 0 aliphatic heterocycles. The highest BCUT2D eigenvalue weighted by atomic mass is 32.1. The number of hydrogen-bond donors (Lipinski definition) is 1.